The Balaban J connectivity index is 2.01. The van der Waals surface area contributed by atoms with Crippen molar-refractivity contribution in [2.45, 2.75) is 26.4 Å². The van der Waals surface area contributed by atoms with Crippen molar-refractivity contribution >= 4 is 33.8 Å². The Labute approximate surface area is 139 Å². The van der Waals surface area contributed by atoms with Crippen LogP contribution in [-0.2, 0) is 4.74 Å². The number of carbonyl (C=O) groups is 1. The Kier molecular flexibility index (Phi) is 7.96. The number of alkyl carbamates (subject to hydrolysis) is 1. The molecule has 0 radical (unpaired) electrons. The smallest absolute Gasteiger partial charge is 0.407 e. The molecule has 0 bridgehead atoms. The fraction of sp³-hybridized carbons (Fsp3) is 0.533. The maximum absolute atomic E-state index is 11.4. The fourth-order valence-corrected chi connectivity index (χ4v) is 2.45. The lowest BCUT2D eigenvalue weighted by molar-refractivity contribution is 0.0531. The van der Waals surface area contributed by atoms with Gasteiger partial charge in [0.15, 0.2) is 0 Å². The van der Waals surface area contributed by atoms with Crippen LogP contribution in [0, 0.1) is 0 Å². The quantitative estimate of drug-likeness (QED) is 0.729. The van der Waals surface area contributed by atoms with Crippen LogP contribution in [-0.4, -0.2) is 36.4 Å². The summed E-state index contributed by atoms with van der Waals surface area (Å²) in [5, 5.41) is 2.73. The Morgan fingerprint density at radius 3 is 2.76 bits per heavy atom. The first kappa shape index (κ1) is 18.2. The van der Waals surface area contributed by atoms with E-state index in [9.17, 15) is 4.79 Å². The molecule has 0 aromatic heterocycles. The molecule has 0 aliphatic carbocycles. The van der Waals surface area contributed by atoms with Gasteiger partial charge < -0.3 is 14.8 Å². The maximum Gasteiger partial charge on any atom is 0.407 e. The molecular formula is C15H22BrNO3S. The molecule has 4 nitrogen and oxygen atoms in total. The summed E-state index contributed by atoms with van der Waals surface area (Å²) in [7, 11) is 0. The normalized spacial score (nSPS) is 11.0. The predicted molar refractivity (Wildman–Crippen MR) is 91.2 cm³/mol. The average molecular weight is 376 g/mol. The van der Waals surface area contributed by atoms with Crippen molar-refractivity contribution < 1.29 is 14.3 Å². The molecule has 0 unspecified atom stereocenters. The number of hydrogen-bond acceptors (Lipinski definition) is 4. The second-order valence-electron chi connectivity index (χ2n) is 5.35. The minimum atomic E-state index is -0.449. The maximum atomic E-state index is 11.4. The molecule has 21 heavy (non-hydrogen) atoms. The van der Waals surface area contributed by atoms with E-state index < -0.39 is 5.60 Å². The van der Waals surface area contributed by atoms with Crippen molar-refractivity contribution in [1.29, 1.82) is 0 Å². The lowest BCUT2D eigenvalue weighted by Gasteiger charge is -2.19. The summed E-state index contributed by atoms with van der Waals surface area (Å²) in [4.78, 5) is 11.4. The van der Waals surface area contributed by atoms with Crippen LogP contribution in [0.25, 0.3) is 0 Å². The molecule has 0 saturated heterocycles. The van der Waals surface area contributed by atoms with Crippen LogP contribution in [0.2, 0.25) is 0 Å². The molecule has 0 atom stereocenters. The van der Waals surface area contributed by atoms with E-state index in [1.807, 2.05) is 45.0 Å². The van der Waals surface area contributed by atoms with Crippen molar-refractivity contribution in [2.75, 3.05) is 24.7 Å². The van der Waals surface area contributed by atoms with Crippen molar-refractivity contribution in [2.24, 2.45) is 0 Å². The predicted octanol–water partition coefficient (Wildman–Crippen LogP) is 4.09. The van der Waals surface area contributed by atoms with Gasteiger partial charge in [0.2, 0.25) is 0 Å². The van der Waals surface area contributed by atoms with Gasteiger partial charge in [0.05, 0.1) is 6.61 Å². The SMILES string of the molecule is CC(C)(C)OC(=O)NCCSCCOc1cccc(Br)c1. The molecule has 0 saturated carbocycles. The summed E-state index contributed by atoms with van der Waals surface area (Å²) in [6.07, 6.45) is -0.367. The minimum Gasteiger partial charge on any atom is -0.493 e. The molecule has 1 aromatic rings. The Bertz CT molecular complexity index is 449. The third-order valence-electron chi connectivity index (χ3n) is 2.21. The lowest BCUT2D eigenvalue weighted by atomic mass is 10.2. The van der Waals surface area contributed by atoms with Gasteiger partial charge >= 0.3 is 6.09 Å². The first-order valence-corrected chi connectivity index (χ1v) is 8.74. The second kappa shape index (κ2) is 9.20. The summed E-state index contributed by atoms with van der Waals surface area (Å²) in [5.74, 6) is 2.57. The zero-order valence-corrected chi connectivity index (χ0v) is 15.1. The van der Waals surface area contributed by atoms with E-state index in [2.05, 4.69) is 21.2 Å². The molecule has 1 rings (SSSR count). The Morgan fingerprint density at radius 1 is 1.33 bits per heavy atom. The van der Waals surface area contributed by atoms with Crippen molar-refractivity contribution in [1.82, 2.24) is 5.32 Å². The molecule has 1 N–H and O–H groups in total. The van der Waals surface area contributed by atoms with Gasteiger partial charge in [0, 0.05) is 22.5 Å². The van der Waals surface area contributed by atoms with E-state index >= 15 is 0 Å². The highest BCUT2D eigenvalue weighted by atomic mass is 79.9. The summed E-state index contributed by atoms with van der Waals surface area (Å²) in [6, 6.07) is 7.77. The number of thioether (sulfide) groups is 1. The molecule has 118 valence electrons. The number of ether oxygens (including phenoxy) is 2. The van der Waals surface area contributed by atoms with Gasteiger partial charge in [-0.25, -0.2) is 4.79 Å². The van der Waals surface area contributed by atoms with Gasteiger partial charge in [0.25, 0.3) is 0 Å². The highest BCUT2D eigenvalue weighted by Gasteiger charge is 2.15. The molecule has 6 heteroatoms. The first-order valence-electron chi connectivity index (χ1n) is 6.80. The van der Waals surface area contributed by atoms with E-state index in [4.69, 9.17) is 9.47 Å². The van der Waals surface area contributed by atoms with E-state index in [0.717, 1.165) is 21.7 Å². The first-order chi connectivity index (χ1) is 9.87. The number of benzene rings is 1. The number of hydrogen-bond donors (Lipinski definition) is 1. The zero-order chi connectivity index (χ0) is 15.7. The molecule has 0 fully saturated rings. The monoisotopic (exact) mass is 375 g/mol. The summed E-state index contributed by atoms with van der Waals surface area (Å²) in [6.45, 7) is 6.78. The van der Waals surface area contributed by atoms with E-state index in [-0.39, 0.29) is 6.09 Å². The topological polar surface area (TPSA) is 47.6 Å². The van der Waals surface area contributed by atoms with Crippen molar-refractivity contribution in [3.8, 4) is 5.75 Å². The van der Waals surface area contributed by atoms with Crippen LogP contribution in [0.5, 0.6) is 5.75 Å². The zero-order valence-electron chi connectivity index (χ0n) is 12.6. The fourth-order valence-electron chi connectivity index (χ4n) is 1.42. The van der Waals surface area contributed by atoms with Crippen LogP contribution in [0.4, 0.5) is 4.79 Å². The van der Waals surface area contributed by atoms with Gasteiger partial charge in [-0.3, -0.25) is 0 Å². The highest BCUT2D eigenvalue weighted by molar-refractivity contribution is 9.10. The average Bonchev–Trinajstić information content (AvgIpc) is 2.35. The number of amides is 1. The second-order valence-corrected chi connectivity index (χ2v) is 7.49. The van der Waals surface area contributed by atoms with Gasteiger partial charge in [-0.15, -0.1) is 0 Å². The molecule has 0 aliphatic heterocycles. The van der Waals surface area contributed by atoms with Gasteiger partial charge in [-0.05, 0) is 39.0 Å². The van der Waals surface area contributed by atoms with Crippen LogP contribution >= 0.6 is 27.7 Å². The van der Waals surface area contributed by atoms with Crippen LogP contribution < -0.4 is 10.1 Å². The number of halogens is 1. The minimum absolute atomic E-state index is 0.367. The largest absolute Gasteiger partial charge is 0.493 e. The molecule has 1 amide bonds. The van der Waals surface area contributed by atoms with Gasteiger partial charge in [-0.1, -0.05) is 22.0 Å². The van der Waals surface area contributed by atoms with E-state index in [1.54, 1.807) is 11.8 Å². The van der Waals surface area contributed by atoms with Crippen LogP contribution in [0.15, 0.2) is 28.7 Å². The third-order valence-corrected chi connectivity index (χ3v) is 3.65. The molecule has 0 heterocycles. The Morgan fingerprint density at radius 2 is 2.10 bits per heavy atom. The van der Waals surface area contributed by atoms with Crippen LogP contribution in [0.3, 0.4) is 0 Å². The number of rotatable bonds is 7. The van der Waals surface area contributed by atoms with Crippen LogP contribution in [0.1, 0.15) is 20.8 Å². The third kappa shape index (κ3) is 9.63. The summed E-state index contributed by atoms with van der Waals surface area (Å²) < 4.78 is 11.8. The van der Waals surface area contributed by atoms with E-state index in [1.165, 1.54) is 0 Å². The molecule has 0 spiro atoms. The standard InChI is InChI=1S/C15H22BrNO3S/c1-15(2,3)20-14(18)17-7-9-21-10-8-19-13-6-4-5-12(16)11-13/h4-6,11H,7-10H2,1-3H3,(H,17,18). The van der Waals surface area contributed by atoms with Crippen molar-refractivity contribution in [3.63, 3.8) is 0 Å². The van der Waals surface area contributed by atoms with Gasteiger partial charge in [-0.2, -0.15) is 11.8 Å². The molecule has 1 aromatic carbocycles. The summed E-state index contributed by atoms with van der Waals surface area (Å²) >= 11 is 5.13. The molecular weight excluding hydrogens is 354 g/mol. The van der Waals surface area contributed by atoms with Crippen molar-refractivity contribution in [3.05, 3.63) is 28.7 Å². The Hall–Kier alpha value is -0.880. The highest BCUT2D eigenvalue weighted by Crippen LogP contribution is 2.17. The number of carbonyl (C=O) groups excluding carboxylic acids is 1. The van der Waals surface area contributed by atoms with E-state index in [0.29, 0.717) is 13.2 Å². The lowest BCUT2D eigenvalue weighted by Crippen LogP contribution is -2.33. The molecule has 0 aliphatic rings. The summed E-state index contributed by atoms with van der Waals surface area (Å²) in [5.41, 5.74) is -0.449. The van der Waals surface area contributed by atoms with Gasteiger partial charge in [0.1, 0.15) is 11.4 Å². The number of nitrogens with one attached hydrogen (secondary N) is 1.